The van der Waals surface area contributed by atoms with Crippen LogP contribution >= 0.6 is 0 Å². The zero-order chi connectivity index (χ0) is 47.1. The van der Waals surface area contributed by atoms with Crippen molar-refractivity contribution in [1.29, 1.82) is 0 Å². The number of carboxylic acids is 4. The van der Waals surface area contributed by atoms with Crippen LogP contribution in [0.5, 0.6) is 0 Å². The molecule has 5 amide bonds. The summed E-state index contributed by atoms with van der Waals surface area (Å²) in [7, 11) is 0. The van der Waals surface area contributed by atoms with E-state index in [1.165, 1.54) is 32.1 Å². The third kappa shape index (κ3) is 36.4. The van der Waals surface area contributed by atoms with E-state index in [1.54, 1.807) is 0 Å². The first-order valence-corrected chi connectivity index (χ1v) is 22.6. The number of carbonyl (C=O) groups is 9. The molecule has 0 aromatic carbocycles. The second-order valence-corrected chi connectivity index (χ2v) is 15.6. The van der Waals surface area contributed by atoms with Gasteiger partial charge in [-0.25, -0.2) is 14.4 Å². The lowest BCUT2D eigenvalue weighted by Crippen LogP contribution is -2.45. The molecule has 63 heavy (non-hydrogen) atoms. The molecule has 3 atom stereocenters. The van der Waals surface area contributed by atoms with E-state index in [-0.39, 0.29) is 83.1 Å². The Morgan fingerprint density at radius 3 is 1.19 bits per heavy atom. The minimum Gasteiger partial charge on any atom is -0.481 e. The van der Waals surface area contributed by atoms with Gasteiger partial charge in [0.2, 0.25) is 29.5 Å². The van der Waals surface area contributed by atoms with Gasteiger partial charge in [-0.05, 0) is 38.5 Å². The van der Waals surface area contributed by atoms with Gasteiger partial charge in [0.05, 0.1) is 19.8 Å². The smallest absolute Gasteiger partial charge is 0.326 e. The summed E-state index contributed by atoms with van der Waals surface area (Å²) >= 11 is 0. The van der Waals surface area contributed by atoms with E-state index in [0.717, 1.165) is 64.2 Å². The number of carbonyl (C=O) groups excluding carboxylic acids is 5. The molecule has 20 nitrogen and oxygen atoms in total. The van der Waals surface area contributed by atoms with Crippen LogP contribution in [-0.4, -0.2) is 131 Å². The van der Waals surface area contributed by atoms with Crippen molar-refractivity contribution in [2.24, 2.45) is 0 Å². The van der Waals surface area contributed by atoms with E-state index in [2.05, 4.69) is 26.6 Å². The number of hydrogen-bond donors (Lipinski definition) is 9. The molecule has 0 fully saturated rings. The van der Waals surface area contributed by atoms with E-state index in [9.17, 15) is 58.5 Å². The van der Waals surface area contributed by atoms with Crippen LogP contribution in [0.4, 0.5) is 0 Å². The summed E-state index contributed by atoms with van der Waals surface area (Å²) in [5, 5.41) is 49.3. The van der Waals surface area contributed by atoms with Crippen molar-refractivity contribution in [1.82, 2.24) is 26.6 Å². The Hall–Kier alpha value is -4.85. The van der Waals surface area contributed by atoms with Crippen molar-refractivity contribution in [3.05, 3.63) is 0 Å². The highest BCUT2D eigenvalue weighted by atomic mass is 16.5. The van der Waals surface area contributed by atoms with Crippen LogP contribution in [0, 0.1) is 0 Å². The van der Waals surface area contributed by atoms with Crippen LogP contribution < -0.4 is 26.6 Å². The van der Waals surface area contributed by atoms with E-state index in [4.69, 9.17) is 14.6 Å². The van der Waals surface area contributed by atoms with Crippen LogP contribution in [0.1, 0.15) is 161 Å². The Kier molecular flexibility index (Phi) is 35.8. The van der Waals surface area contributed by atoms with Crippen molar-refractivity contribution in [3.63, 3.8) is 0 Å². The summed E-state index contributed by atoms with van der Waals surface area (Å²) < 4.78 is 10.5. The van der Waals surface area contributed by atoms with Crippen molar-refractivity contribution in [3.8, 4) is 0 Å². The number of ether oxygens (including phenoxy) is 2. The Balaban J connectivity index is 4.06. The molecule has 0 saturated heterocycles. The zero-order valence-corrected chi connectivity index (χ0v) is 37.2. The highest BCUT2D eigenvalue weighted by Gasteiger charge is 2.25. The highest BCUT2D eigenvalue weighted by molar-refractivity contribution is 5.87. The predicted octanol–water partition coefficient (Wildman–Crippen LogP) is 3.43. The third-order valence-corrected chi connectivity index (χ3v) is 9.95. The SMILES string of the molecule is CCCCNC(=O)CC[C@H](NC(=O)CCC(NC(=O)COCCOCCNC(=O)CC[C@H](NC(=O)CCCCCCCCCCCCCCCCC(=O)O)C(=O)O)C(=O)O)C(=O)O. The highest BCUT2D eigenvalue weighted by Crippen LogP contribution is 2.14. The first-order valence-electron chi connectivity index (χ1n) is 22.6. The van der Waals surface area contributed by atoms with Crippen molar-refractivity contribution < 1.29 is 73.1 Å². The molecule has 0 radical (unpaired) electrons. The lowest BCUT2D eigenvalue weighted by atomic mass is 10.0. The van der Waals surface area contributed by atoms with E-state index in [1.807, 2.05) is 6.92 Å². The fourth-order valence-corrected chi connectivity index (χ4v) is 6.28. The number of carboxylic acid groups (broad SMARTS) is 4. The molecular weight excluding hydrogens is 826 g/mol. The molecule has 0 aliphatic rings. The Morgan fingerprint density at radius 1 is 0.397 bits per heavy atom. The maximum absolute atomic E-state index is 12.3. The molecule has 9 N–H and O–H groups in total. The van der Waals surface area contributed by atoms with Gasteiger partial charge in [-0.1, -0.05) is 90.4 Å². The average molecular weight is 902 g/mol. The largest absolute Gasteiger partial charge is 0.481 e. The molecule has 0 aromatic rings. The number of hydrogen-bond acceptors (Lipinski definition) is 11. The van der Waals surface area contributed by atoms with Crippen molar-refractivity contribution >= 4 is 53.4 Å². The van der Waals surface area contributed by atoms with Gasteiger partial charge in [0, 0.05) is 45.2 Å². The van der Waals surface area contributed by atoms with Gasteiger partial charge in [0.1, 0.15) is 24.7 Å². The summed E-state index contributed by atoms with van der Waals surface area (Å²) in [4.78, 5) is 106. The first kappa shape index (κ1) is 58.1. The molecule has 20 heteroatoms. The van der Waals surface area contributed by atoms with Crippen LogP contribution in [-0.2, 0) is 52.6 Å². The van der Waals surface area contributed by atoms with Gasteiger partial charge in [-0.15, -0.1) is 0 Å². The van der Waals surface area contributed by atoms with E-state index < -0.39 is 72.8 Å². The number of rotatable bonds is 43. The van der Waals surface area contributed by atoms with Crippen LogP contribution in [0.2, 0.25) is 0 Å². The third-order valence-electron chi connectivity index (χ3n) is 9.95. The zero-order valence-electron chi connectivity index (χ0n) is 37.2. The number of unbranched alkanes of at least 4 members (excludes halogenated alkanes) is 14. The molecule has 0 rings (SSSR count). The molecule has 1 unspecified atom stereocenters. The van der Waals surface area contributed by atoms with Gasteiger partial charge in [-0.3, -0.25) is 28.8 Å². The lowest BCUT2D eigenvalue weighted by Gasteiger charge is -2.17. The monoisotopic (exact) mass is 902 g/mol. The summed E-state index contributed by atoms with van der Waals surface area (Å²) in [6, 6.07) is -4.00. The quantitative estimate of drug-likeness (QED) is 0.0396. The van der Waals surface area contributed by atoms with Crippen molar-refractivity contribution in [2.75, 3.05) is 39.5 Å². The number of amides is 5. The van der Waals surface area contributed by atoms with Gasteiger partial charge >= 0.3 is 23.9 Å². The van der Waals surface area contributed by atoms with Gasteiger partial charge < -0.3 is 56.5 Å². The van der Waals surface area contributed by atoms with Crippen LogP contribution in [0.3, 0.4) is 0 Å². The normalized spacial score (nSPS) is 12.3. The second-order valence-electron chi connectivity index (χ2n) is 15.6. The molecule has 0 aromatic heterocycles. The lowest BCUT2D eigenvalue weighted by molar-refractivity contribution is -0.144. The molecular formula is C43H75N5O15. The average Bonchev–Trinajstić information content (AvgIpc) is 3.22. The van der Waals surface area contributed by atoms with E-state index in [0.29, 0.717) is 13.0 Å². The fraction of sp³-hybridized carbons (Fsp3) is 0.791. The standard InChI is InChI=1S/C43H75N5O15/c1-2-3-26-44-35(49)23-20-33(42(58)59)47-38(52)25-22-34(43(60)61)48-39(53)31-63-30-29-62-28-27-45-36(50)24-21-32(41(56)57)46-37(51)18-16-14-12-10-8-6-4-5-7-9-11-13-15-17-19-40(54)55/h32-34H,2-31H2,1H3,(H,44,49)(H,45,50)(H,46,51)(H,47,52)(H,48,53)(H,54,55)(H,56,57)(H,58,59)(H,60,61)/t32-,33-,34?/m0/s1. The molecule has 0 heterocycles. The molecule has 0 saturated carbocycles. The van der Waals surface area contributed by atoms with Gasteiger partial charge in [0.15, 0.2) is 0 Å². The maximum atomic E-state index is 12.3. The first-order chi connectivity index (χ1) is 30.2. The Morgan fingerprint density at radius 2 is 0.762 bits per heavy atom. The van der Waals surface area contributed by atoms with Crippen LogP contribution in [0.25, 0.3) is 0 Å². The van der Waals surface area contributed by atoms with E-state index >= 15 is 0 Å². The molecule has 0 aliphatic carbocycles. The molecule has 0 spiro atoms. The molecule has 0 aliphatic heterocycles. The summed E-state index contributed by atoms with van der Waals surface area (Å²) in [5.41, 5.74) is 0. The maximum Gasteiger partial charge on any atom is 0.326 e. The van der Waals surface area contributed by atoms with Gasteiger partial charge in [0.25, 0.3) is 0 Å². The second kappa shape index (κ2) is 38.8. The van der Waals surface area contributed by atoms with Gasteiger partial charge in [-0.2, -0.15) is 0 Å². The fourth-order valence-electron chi connectivity index (χ4n) is 6.28. The Bertz CT molecular complexity index is 1370. The van der Waals surface area contributed by atoms with Crippen molar-refractivity contribution in [2.45, 2.75) is 179 Å². The summed E-state index contributed by atoms with van der Waals surface area (Å²) in [5.74, 6) is -7.39. The Labute approximate surface area is 371 Å². The van der Waals surface area contributed by atoms with Crippen LogP contribution in [0.15, 0.2) is 0 Å². The summed E-state index contributed by atoms with van der Waals surface area (Å²) in [6.07, 6.45) is 15.6. The molecule has 0 bridgehead atoms. The topological polar surface area (TPSA) is 313 Å². The number of nitrogens with one attached hydrogen (secondary N) is 5. The number of aliphatic carboxylic acids is 4. The minimum absolute atomic E-state index is 0.0335. The minimum atomic E-state index is -1.45. The molecule has 362 valence electrons. The predicted molar refractivity (Wildman–Crippen MR) is 230 cm³/mol. The summed E-state index contributed by atoms with van der Waals surface area (Å²) in [6.45, 7) is 2.08.